The van der Waals surface area contributed by atoms with Gasteiger partial charge in [-0.15, -0.1) is 0 Å². The fourth-order valence-electron chi connectivity index (χ4n) is 5.44. The van der Waals surface area contributed by atoms with Crippen LogP contribution in [0.15, 0.2) is 61.3 Å². The van der Waals surface area contributed by atoms with E-state index in [2.05, 4.69) is 68.6 Å². The molecule has 1 aliphatic rings. The summed E-state index contributed by atoms with van der Waals surface area (Å²) in [6.07, 6.45) is 3.01. The summed E-state index contributed by atoms with van der Waals surface area (Å²) in [6, 6.07) is 14.1. The van der Waals surface area contributed by atoms with Gasteiger partial charge < -0.3 is 34.5 Å². The number of amides is 1. The number of carbonyl (C=O) groups is 1. The van der Waals surface area contributed by atoms with Gasteiger partial charge in [0.15, 0.2) is 0 Å². The summed E-state index contributed by atoms with van der Waals surface area (Å²) in [5, 5.41) is 7.42. The normalized spacial score (nSPS) is 12.7. The topological polar surface area (TPSA) is 96.8 Å². The molecule has 0 unspecified atom stereocenters. The Kier molecular flexibility index (Phi) is 9.04. The van der Waals surface area contributed by atoms with E-state index in [9.17, 15) is 4.79 Å². The van der Waals surface area contributed by atoms with Crippen LogP contribution in [0.3, 0.4) is 0 Å². The average molecular weight is 570 g/mol. The maximum Gasteiger partial charge on any atom is 0.247 e. The number of carbonyl (C=O) groups excluding carboxylic acids is 1. The molecule has 0 radical (unpaired) electrons. The number of benzene rings is 2. The van der Waals surface area contributed by atoms with Gasteiger partial charge in [-0.1, -0.05) is 38.6 Å². The summed E-state index contributed by atoms with van der Waals surface area (Å²) in [5.41, 5.74) is 6.22. The summed E-state index contributed by atoms with van der Waals surface area (Å²) >= 11 is 0. The number of aromatic nitrogens is 3. The first-order valence-electron chi connectivity index (χ1n) is 14.3. The van der Waals surface area contributed by atoms with E-state index in [1.54, 1.807) is 13.3 Å². The number of para-hydroxylation sites is 1. The highest BCUT2D eigenvalue weighted by atomic mass is 16.5. The van der Waals surface area contributed by atoms with Crippen molar-refractivity contribution in [1.82, 2.24) is 19.4 Å². The van der Waals surface area contributed by atoms with Crippen molar-refractivity contribution >= 4 is 39.8 Å². The summed E-state index contributed by atoms with van der Waals surface area (Å²) in [7, 11) is 3.63. The van der Waals surface area contributed by atoms with Crippen molar-refractivity contribution in [2.45, 2.75) is 27.0 Å². The predicted octanol–water partition coefficient (Wildman–Crippen LogP) is 5.28. The van der Waals surface area contributed by atoms with Crippen LogP contribution in [-0.4, -0.2) is 72.3 Å². The van der Waals surface area contributed by atoms with Gasteiger partial charge in [-0.3, -0.25) is 4.79 Å². The molecule has 1 aliphatic heterocycles. The van der Waals surface area contributed by atoms with Crippen molar-refractivity contribution in [3.05, 3.63) is 67.0 Å². The van der Waals surface area contributed by atoms with Gasteiger partial charge in [0.25, 0.3) is 0 Å². The van der Waals surface area contributed by atoms with Crippen LogP contribution in [0.1, 0.15) is 19.5 Å². The first-order chi connectivity index (χ1) is 20.5. The molecule has 1 amide bonds. The molecule has 0 fully saturated rings. The summed E-state index contributed by atoms with van der Waals surface area (Å²) in [5.74, 6) is 0.718. The Morgan fingerprint density at radius 3 is 2.74 bits per heavy atom. The van der Waals surface area contributed by atoms with E-state index in [1.165, 1.54) is 11.6 Å². The number of nitrogens with zero attached hydrogens (tertiary/aromatic N) is 5. The highest BCUT2D eigenvalue weighted by Gasteiger charge is 2.23. The zero-order valence-corrected chi connectivity index (χ0v) is 24.8. The largest absolute Gasteiger partial charge is 0.494 e. The molecule has 0 spiro atoms. The number of likely N-dealkylation sites (N-methyl/N-ethyl adjacent to an activating group) is 2. The van der Waals surface area contributed by atoms with Crippen molar-refractivity contribution in [3.63, 3.8) is 0 Å². The Bertz CT molecular complexity index is 1580. The molecule has 2 aromatic carbocycles. The number of ether oxygens (including phenoxy) is 2. The van der Waals surface area contributed by atoms with E-state index in [0.29, 0.717) is 36.3 Å². The van der Waals surface area contributed by atoms with Crippen molar-refractivity contribution in [2.24, 2.45) is 0 Å². The van der Waals surface area contributed by atoms with Gasteiger partial charge in [-0.05, 0) is 37.4 Å². The van der Waals surface area contributed by atoms with Crippen LogP contribution in [0.5, 0.6) is 5.75 Å². The van der Waals surface area contributed by atoms with Gasteiger partial charge in [0.1, 0.15) is 5.75 Å². The fourth-order valence-corrected chi connectivity index (χ4v) is 5.44. The number of rotatable bonds is 12. The smallest absolute Gasteiger partial charge is 0.247 e. The molecule has 5 rings (SSSR count). The third-order valence-corrected chi connectivity index (χ3v) is 7.75. The number of fused-ring (bicyclic) bond motifs is 3. The van der Waals surface area contributed by atoms with Crippen LogP contribution in [0, 0.1) is 0 Å². The number of methoxy groups -OCH3 is 1. The van der Waals surface area contributed by atoms with E-state index in [1.807, 2.05) is 31.3 Å². The number of hydrogen-bond donors (Lipinski definition) is 2. The van der Waals surface area contributed by atoms with Crippen LogP contribution in [-0.2, 0) is 22.7 Å². The third kappa shape index (κ3) is 5.95. The second-order valence-electron chi connectivity index (χ2n) is 10.1. The lowest BCUT2D eigenvalue weighted by Crippen LogP contribution is -2.33. The maximum atomic E-state index is 12.4. The van der Waals surface area contributed by atoms with Crippen molar-refractivity contribution < 1.29 is 14.3 Å². The Morgan fingerprint density at radius 1 is 1.17 bits per heavy atom. The lowest BCUT2D eigenvalue weighted by molar-refractivity contribution is -0.111. The molecule has 10 nitrogen and oxygen atoms in total. The minimum absolute atomic E-state index is 0.296. The lowest BCUT2D eigenvalue weighted by atomic mass is 10.1. The molecular formula is C32H39N7O3. The second kappa shape index (κ2) is 13.1. The summed E-state index contributed by atoms with van der Waals surface area (Å²) in [6.45, 7) is 13.6. The molecule has 0 saturated carbocycles. The molecule has 220 valence electrons. The molecule has 2 N–H and O–H groups in total. The minimum Gasteiger partial charge on any atom is -0.494 e. The molecule has 0 bridgehead atoms. The zero-order valence-electron chi connectivity index (χ0n) is 24.8. The van der Waals surface area contributed by atoms with Crippen molar-refractivity contribution in [3.8, 4) is 17.0 Å². The van der Waals surface area contributed by atoms with E-state index in [-0.39, 0.29) is 5.91 Å². The molecule has 3 heterocycles. The monoisotopic (exact) mass is 569 g/mol. The highest BCUT2D eigenvalue weighted by molar-refractivity contribution is 6.02. The van der Waals surface area contributed by atoms with Gasteiger partial charge in [-0.2, -0.15) is 0 Å². The predicted molar refractivity (Wildman–Crippen MR) is 169 cm³/mol. The van der Waals surface area contributed by atoms with Gasteiger partial charge in [0.05, 0.1) is 48.8 Å². The standard InChI is InChI=1S/C32H39N7O3/c1-6-30(40)34-24-19-25(29(41-5)20-27(24)37(4)15-16-38(7-2)8-3)36-32-33-14-13-23(35-32)31-22-11-9-10-12-26(22)39-17-18-42-21-28(31)39/h6,9-14,19-20H,1,7-8,15-18,21H2,2-5H3,(H,34,40)(H,33,35,36). The van der Waals surface area contributed by atoms with Gasteiger partial charge in [0.2, 0.25) is 11.9 Å². The zero-order chi connectivity index (χ0) is 29.6. The SMILES string of the molecule is C=CC(=O)Nc1cc(Nc2nccc(-c3c4n(c5ccccc35)CCOC4)n2)c(OC)cc1N(C)CCN(CC)CC. The quantitative estimate of drug-likeness (QED) is 0.223. The first-order valence-corrected chi connectivity index (χ1v) is 14.3. The third-order valence-electron chi connectivity index (χ3n) is 7.75. The lowest BCUT2D eigenvalue weighted by Gasteiger charge is -2.27. The number of hydrogen-bond acceptors (Lipinski definition) is 8. The van der Waals surface area contributed by atoms with Gasteiger partial charge in [0, 0.05) is 55.4 Å². The summed E-state index contributed by atoms with van der Waals surface area (Å²) in [4.78, 5) is 26.3. The van der Waals surface area contributed by atoms with Crippen LogP contribution in [0.4, 0.5) is 23.0 Å². The Hall–Kier alpha value is -4.41. The van der Waals surface area contributed by atoms with Crippen LogP contribution in [0.2, 0.25) is 0 Å². The van der Waals surface area contributed by atoms with Crippen LogP contribution < -0.4 is 20.3 Å². The highest BCUT2D eigenvalue weighted by Crippen LogP contribution is 2.39. The van der Waals surface area contributed by atoms with Crippen LogP contribution in [0.25, 0.3) is 22.2 Å². The fraction of sp³-hybridized carbons (Fsp3) is 0.344. The number of nitrogens with one attached hydrogen (secondary N) is 2. The molecule has 0 atom stereocenters. The van der Waals surface area contributed by atoms with E-state index < -0.39 is 0 Å². The van der Waals surface area contributed by atoms with Crippen LogP contribution >= 0.6 is 0 Å². The Balaban J connectivity index is 1.50. The van der Waals surface area contributed by atoms with E-state index in [4.69, 9.17) is 14.5 Å². The van der Waals surface area contributed by atoms with E-state index in [0.717, 1.165) is 60.7 Å². The Labute approximate surface area is 247 Å². The number of anilines is 4. The first kappa shape index (κ1) is 29.1. The van der Waals surface area contributed by atoms with Crippen molar-refractivity contribution in [1.29, 1.82) is 0 Å². The van der Waals surface area contributed by atoms with Gasteiger partial charge in [-0.25, -0.2) is 9.97 Å². The molecule has 4 aromatic rings. The van der Waals surface area contributed by atoms with Gasteiger partial charge >= 0.3 is 0 Å². The average Bonchev–Trinajstić information content (AvgIpc) is 3.36. The minimum atomic E-state index is -0.296. The molecule has 0 aliphatic carbocycles. The molecular weight excluding hydrogens is 530 g/mol. The van der Waals surface area contributed by atoms with E-state index >= 15 is 0 Å². The van der Waals surface area contributed by atoms with Crippen molar-refractivity contribution in [2.75, 3.05) is 62.5 Å². The Morgan fingerprint density at radius 2 is 1.98 bits per heavy atom. The second-order valence-corrected chi connectivity index (χ2v) is 10.1. The maximum absolute atomic E-state index is 12.4. The summed E-state index contributed by atoms with van der Waals surface area (Å²) < 4.78 is 13.9. The molecule has 10 heteroatoms. The molecule has 2 aromatic heterocycles. The molecule has 42 heavy (non-hydrogen) atoms. The molecule has 0 saturated heterocycles.